The summed E-state index contributed by atoms with van der Waals surface area (Å²) in [6, 6.07) is 14.5. The number of benzene rings is 1. The summed E-state index contributed by atoms with van der Waals surface area (Å²) in [6.07, 6.45) is 3.83. The monoisotopic (exact) mass is 369 g/mol. The molecule has 0 fully saturated rings. The van der Waals surface area contributed by atoms with Crippen LogP contribution in [0.15, 0.2) is 70.5 Å². The number of nitrogens with zero attached hydrogens (tertiary/aromatic N) is 2. The van der Waals surface area contributed by atoms with E-state index in [4.69, 9.17) is 0 Å². The highest BCUT2D eigenvalue weighted by molar-refractivity contribution is 7.94. The van der Waals surface area contributed by atoms with Crippen molar-refractivity contribution in [3.63, 3.8) is 0 Å². The minimum absolute atomic E-state index is 0.285. The first-order valence-electron chi connectivity index (χ1n) is 7.65. The van der Waals surface area contributed by atoms with E-state index >= 15 is 0 Å². The molecule has 0 atom stereocenters. The molecule has 4 aromatic rings. The molecule has 0 radical (unpaired) electrons. The van der Waals surface area contributed by atoms with Crippen LogP contribution in [0.5, 0.6) is 0 Å². The number of rotatable bonds is 4. The van der Waals surface area contributed by atoms with Gasteiger partial charge in [-0.15, -0.1) is 11.3 Å². The standard InChI is InChI=1S/C18H15N3O2S2/c1-13-6-4-10-21-12-16(19-18(13)21)14-7-2-3-8-15(14)20-25(22,23)17-9-5-11-24-17/h2-12,20H,1H3. The number of imidazole rings is 1. The van der Waals surface area contributed by atoms with E-state index in [1.54, 1.807) is 29.6 Å². The molecule has 7 heteroatoms. The number of para-hydroxylation sites is 1. The highest BCUT2D eigenvalue weighted by Gasteiger charge is 2.18. The van der Waals surface area contributed by atoms with Crippen molar-refractivity contribution < 1.29 is 8.42 Å². The third kappa shape index (κ3) is 2.92. The summed E-state index contributed by atoms with van der Waals surface area (Å²) >= 11 is 1.19. The van der Waals surface area contributed by atoms with E-state index in [0.29, 0.717) is 5.69 Å². The molecule has 1 N–H and O–H groups in total. The van der Waals surface area contributed by atoms with Gasteiger partial charge in [0.25, 0.3) is 10.0 Å². The maximum absolute atomic E-state index is 12.5. The van der Waals surface area contributed by atoms with Crippen LogP contribution in [0, 0.1) is 6.92 Å². The number of aromatic nitrogens is 2. The van der Waals surface area contributed by atoms with E-state index in [1.807, 2.05) is 48.0 Å². The minimum atomic E-state index is -3.60. The fourth-order valence-corrected chi connectivity index (χ4v) is 4.76. The van der Waals surface area contributed by atoms with Gasteiger partial charge in [0.2, 0.25) is 0 Å². The van der Waals surface area contributed by atoms with Gasteiger partial charge >= 0.3 is 0 Å². The van der Waals surface area contributed by atoms with Gasteiger partial charge in [-0.05, 0) is 36.1 Å². The van der Waals surface area contributed by atoms with Crippen LogP contribution in [0.2, 0.25) is 0 Å². The van der Waals surface area contributed by atoms with Gasteiger partial charge in [-0.3, -0.25) is 4.72 Å². The number of anilines is 1. The number of pyridine rings is 1. The molecule has 3 heterocycles. The van der Waals surface area contributed by atoms with Gasteiger partial charge in [-0.2, -0.15) is 0 Å². The van der Waals surface area contributed by atoms with Crippen LogP contribution < -0.4 is 4.72 Å². The van der Waals surface area contributed by atoms with Crippen molar-refractivity contribution >= 4 is 32.7 Å². The van der Waals surface area contributed by atoms with E-state index in [-0.39, 0.29) is 4.21 Å². The Hall–Kier alpha value is -2.64. The number of thiophene rings is 1. The lowest BCUT2D eigenvalue weighted by Crippen LogP contribution is -2.12. The molecule has 5 nitrogen and oxygen atoms in total. The third-order valence-electron chi connectivity index (χ3n) is 3.89. The molecule has 126 valence electrons. The Morgan fingerprint density at radius 3 is 2.68 bits per heavy atom. The summed E-state index contributed by atoms with van der Waals surface area (Å²) in [6.45, 7) is 2.00. The van der Waals surface area contributed by atoms with Crippen LogP contribution in [0.4, 0.5) is 5.69 Å². The van der Waals surface area contributed by atoms with E-state index in [9.17, 15) is 8.42 Å². The van der Waals surface area contributed by atoms with Crippen molar-refractivity contribution in [1.29, 1.82) is 0 Å². The largest absolute Gasteiger partial charge is 0.306 e. The van der Waals surface area contributed by atoms with Crippen LogP contribution in [0.3, 0.4) is 0 Å². The molecule has 4 rings (SSSR count). The van der Waals surface area contributed by atoms with Gasteiger partial charge in [-0.25, -0.2) is 13.4 Å². The fourth-order valence-electron chi connectivity index (χ4n) is 2.69. The molecule has 3 aromatic heterocycles. The first kappa shape index (κ1) is 15.9. The van der Waals surface area contributed by atoms with Crippen LogP contribution in [0.1, 0.15) is 5.56 Å². The fraction of sp³-hybridized carbons (Fsp3) is 0.0556. The maximum atomic E-state index is 12.5. The molecule has 0 spiro atoms. The van der Waals surface area contributed by atoms with Crippen molar-refractivity contribution in [2.75, 3.05) is 4.72 Å². The number of hydrogen-bond acceptors (Lipinski definition) is 4. The van der Waals surface area contributed by atoms with Crippen molar-refractivity contribution in [3.05, 3.63) is 71.9 Å². The zero-order chi connectivity index (χ0) is 17.4. The minimum Gasteiger partial charge on any atom is -0.306 e. The lowest BCUT2D eigenvalue weighted by atomic mass is 10.1. The van der Waals surface area contributed by atoms with Crippen LogP contribution >= 0.6 is 11.3 Å². The van der Waals surface area contributed by atoms with Gasteiger partial charge < -0.3 is 4.40 Å². The van der Waals surface area contributed by atoms with E-state index in [2.05, 4.69) is 9.71 Å². The number of aryl methyl sites for hydroxylation is 1. The average molecular weight is 369 g/mol. The van der Waals surface area contributed by atoms with Gasteiger partial charge in [0.15, 0.2) is 0 Å². The average Bonchev–Trinajstić information content (AvgIpc) is 3.26. The Morgan fingerprint density at radius 1 is 1.08 bits per heavy atom. The molecule has 0 aliphatic heterocycles. The molecule has 1 aromatic carbocycles. The molecule has 0 aliphatic rings. The summed E-state index contributed by atoms with van der Waals surface area (Å²) < 4.78 is 30.0. The Kier molecular flexibility index (Phi) is 3.82. The molecule has 0 saturated heterocycles. The smallest absolute Gasteiger partial charge is 0.271 e. The Bertz CT molecular complexity index is 1150. The Labute approximate surface area is 149 Å². The molecular formula is C18H15N3O2S2. The topological polar surface area (TPSA) is 63.5 Å². The van der Waals surface area contributed by atoms with Crippen LogP contribution in [0.25, 0.3) is 16.9 Å². The number of fused-ring (bicyclic) bond motifs is 1. The van der Waals surface area contributed by atoms with Crippen molar-refractivity contribution in [3.8, 4) is 11.3 Å². The number of sulfonamides is 1. The van der Waals surface area contributed by atoms with Crippen molar-refractivity contribution in [2.45, 2.75) is 11.1 Å². The zero-order valence-electron chi connectivity index (χ0n) is 13.4. The predicted molar refractivity (Wildman–Crippen MR) is 100 cm³/mol. The summed E-state index contributed by atoms with van der Waals surface area (Å²) in [5.41, 5.74) is 3.89. The zero-order valence-corrected chi connectivity index (χ0v) is 15.0. The van der Waals surface area contributed by atoms with Crippen molar-refractivity contribution in [2.24, 2.45) is 0 Å². The second-order valence-corrected chi connectivity index (χ2v) is 8.49. The van der Waals surface area contributed by atoms with E-state index < -0.39 is 10.0 Å². The van der Waals surface area contributed by atoms with E-state index in [1.165, 1.54) is 11.3 Å². The SMILES string of the molecule is Cc1cccn2cc(-c3ccccc3NS(=O)(=O)c3cccs3)nc12. The molecule has 0 amide bonds. The number of hydrogen-bond donors (Lipinski definition) is 1. The highest BCUT2D eigenvalue weighted by Crippen LogP contribution is 2.30. The molecule has 0 unspecified atom stereocenters. The van der Waals surface area contributed by atoms with Gasteiger partial charge in [0.05, 0.1) is 11.4 Å². The Morgan fingerprint density at radius 2 is 1.92 bits per heavy atom. The molecule has 25 heavy (non-hydrogen) atoms. The highest BCUT2D eigenvalue weighted by atomic mass is 32.2. The second-order valence-electron chi connectivity index (χ2n) is 5.63. The van der Waals surface area contributed by atoms with Gasteiger partial charge in [0, 0.05) is 18.0 Å². The summed E-state index contributed by atoms with van der Waals surface area (Å²) in [7, 11) is -3.60. The number of nitrogens with one attached hydrogen (secondary N) is 1. The predicted octanol–water partition coefficient (Wildman–Crippen LogP) is 4.17. The lowest BCUT2D eigenvalue weighted by Gasteiger charge is -2.10. The van der Waals surface area contributed by atoms with E-state index in [0.717, 1.165) is 22.5 Å². The quantitative estimate of drug-likeness (QED) is 0.587. The van der Waals surface area contributed by atoms with Gasteiger partial charge in [0.1, 0.15) is 9.86 Å². The van der Waals surface area contributed by atoms with Crippen molar-refractivity contribution in [1.82, 2.24) is 9.38 Å². The molecule has 0 bridgehead atoms. The summed E-state index contributed by atoms with van der Waals surface area (Å²) in [4.78, 5) is 4.67. The Balaban J connectivity index is 1.80. The second kappa shape index (κ2) is 6.02. The lowest BCUT2D eigenvalue weighted by molar-refractivity contribution is 0.603. The molecular weight excluding hydrogens is 354 g/mol. The third-order valence-corrected chi connectivity index (χ3v) is 6.65. The first-order valence-corrected chi connectivity index (χ1v) is 10.0. The summed E-state index contributed by atoms with van der Waals surface area (Å²) in [5.74, 6) is 0. The maximum Gasteiger partial charge on any atom is 0.271 e. The summed E-state index contributed by atoms with van der Waals surface area (Å²) in [5, 5.41) is 1.74. The molecule has 0 aliphatic carbocycles. The normalized spacial score (nSPS) is 11.7. The van der Waals surface area contributed by atoms with Gasteiger partial charge in [-0.1, -0.05) is 30.3 Å². The molecule has 0 saturated carbocycles. The first-order chi connectivity index (χ1) is 12.0. The van der Waals surface area contributed by atoms with Crippen LogP contribution in [-0.2, 0) is 10.0 Å². The van der Waals surface area contributed by atoms with Crippen LogP contribution in [-0.4, -0.2) is 17.8 Å².